The fourth-order valence-electron chi connectivity index (χ4n) is 2.45. The van der Waals surface area contributed by atoms with Crippen LogP contribution in [0.5, 0.6) is 5.75 Å². The van der Waals surface area contributed by atoms with Crippen LogP contribution in [0.4, 0.5) is 0 Å². The number of benzene rings is 1. The van der Waals surface area contributed by atoms with Crippen molar-refractivity contribution in [3.05, 3.63) is 28.2 Å². The lowest BCUT2D eigenvalue weighted by Crippen LogP contribution is -2.38. The zero-order valence-corrected chi connectivity index (χ0v) is 12.8. The maximum atomic E-state index is 10.3. The van der Waals surface area contributed by atoms with E-state index < -0.39 is 6.10 Å². The number of fused-ring (bicyclic) bond motifs is 1. The number of halogens is 1. The average Bonchev–Trinajstić information content (AvgIpc) is 2.28. The summed E-state index contributed by atoms with van der Waals surface area (Å²) < 4.78 is 7.10. The summed E-state index contributed by atoms with van der Waals surface area (Å²) in [6, 6.07) is 5.84. The first-order valence-corrected chi connectivity index (χ1v) is 7.35. The van der Waals surface area contributed by atoms with E-state index in [1.165, 1.54) is 0 Å². The minimum atomic E-state index is -0.427. The number of hydrogen-bond donors (Lipinski definition) is 1. The number of aliphatic hydroxyl groups is 1. The van der Waals surface area contributed by atoms with Crippen molar-refractivity contribution >= 4 is 15.9 Å². The quantitative estimate of drug-likeness (QED) is 0.893. The van der Waals surface area contributed by atoms with Gasteiger partial charge < -0.3 is 9.84 Å². The number of hydrogen-bond acceptors (Lipinski definition) is 2. The van der Waals surface area contributed by atoms with Crippen LogP contribution in [-0.2, 0) is 0 Å². The molecule has 2 rings (SSSR count). The highest BCUT2D eigenvalue weighted by Gasteiger charge is 2.36. The van der Waals surface area contributed by atoms with Crippen molar-refractivity contribution in [1.29, 1.82) is 0 Å². The lowest BCUT2D eigenvalue weighted by Gasteiger charge is -2.38. The molecule has 0 saturated heterocycles. The van der Waals surface area contributed by atoms with E-state index in [9.17, 15) is 5.11 Å². The van der Waals surface area contributed by atoms with Gasteiger partial charge >= 0.3 is 0 Å². The highest BCUT2D eigenvalue weighted by molar-refractivity contribution is 9.10. The molecule has 0 bridgehead atoms. The summed E-state index contributed by atoms with van der Waals surface area (Å²) in [5.41, 5.74) is 0.649. The molecule has 0 radical (unpaired) electrons. The molecule has 0 aliphatic carbocycles. The summed E-state index contributed by atoms with van der Waals surface area (Å²) >= 11 is 3.43. The number of rotatable bonds is 3. The molecule has 1 N–H and O–H groups in total. The molecule has 0 aromatic heterocycles. The molecule has 1 aliphatic heterocycles. The first kappa shape index (κ1) is 13.9. The lowest BCUT2D eigenvalue weighted by atomic mass is 9.85. The molecule has 1 aliphatic rings. The molecule has 0 amide bonds. The van der Waals surface area contributed by atoms with Crippen molar-refractivity contribution in [2.75, 3.05) is 0 Å². The number of aliphatic hydroxyl groups excluding tert-OH is 1. The van der Waals surface area contributed by atoms with Crippen LogP contribution in [0.25, 0.3) is 0 Å². The first-order valence-electron chi connectivity index (χ1n) is 6.56. The van der Waals surface area contributed by atoms with Gasteiger partial charge in [0.15, 0.2) is 0 Å². The summed E-state index contributed by atoms with van der Waals surface area (Å²) in [7, 11) is 0. The standard InChI is InChI=1S/C15H21BrO2/c1-10(2)6-7-15(3)9-13(17)12-8-11(16)4-5-14(12)18-15/h4-5,8,10,13,17H,6-7,9H2,1-3H3/t13-,15?/m1/s1. The zero-order valence-electron chi connectivity index (χ0n) is 11.2. The minimum absolute atomic E-state index is 0.246. The Morgan fingerprint density at radius 1 is 1.50 bits per heavy atom. The van der Waals surface area contributed by atoms with E-state index in [2.05, 4.69) is 36.7 Å². The molecular formula is C15H21BrO2. The zero-order chi connectivity index (χ0) is 13.3. The molecule has 0 fully saturated rings. The second-order valence-corrected chi connectivity index (χ2v) is 6.80. The lowest BCUT2D eigenvalue weighted by molar-refractivity contribution is -0.0101. The highest BCUT2D eigenvalue weighted by Crippen LogP contribution is 2.42. The van der Waals surface area contributed by atoms with Crippen molar-refractivity contribution in [3.8, 4) is 5.75 Å². The molecule has 2 atom stereocenters. The Hall–Kier alpha value is -0.540. The molecule has 100 valence electrons. The summed E-state index contributed by atoms with van der Waals surface area (Å²) in [5, 5.41) is 10.3. The average molecular weight is 313 g/mol. The molecule has 1 aromatic rings. The Morgan fingerprint density at radius 2 is 2.22 bits per heavy atom. The molecule has 3 heteroatoms. The van der Waals surface area contributed by atoms with E-state index in [0.717, 1.165) is 28.6 Å². The molecule has 18 heavy (non-hydrogen) atoms. The Kier molecular flexibility index (Phi) is 4.02. The fourth-order valence-corrected chi connectivity index (χ4v) is 2.82. The van der Waals surface area contributed by atoms with Gasteiger partial charge in [-0.2, -0.15) is 0 Å². The Balaban J connectivity index is 2.19. The SMILES string of the molecule is CC(C)CCC1(C)C[C@@H](O)c2cc(Br)ccc2O1. The topological polar surface area (TPSA) is 29.5 Å². The smallest absolute Gasteiger partial charge is 0.126 e. The summed E-state index contributed by atoms with van der Waals surface area (Å²) in [5.74, 6) is 1.48. The predicted molar refractivity (Wildman–Crippen MR) is 76.8 cm³/mol. The second-order valence-electron chi connectivity index (χ2n) is 5.89. The molecule has 1 heterocycles. The highest BCUT2D eigenvalue weighted by atomic mass is 79.9. The number of ether oxygens (including phenoxy) is 1. The van der Waals surface area contributed by atoms with Gasteiger partial charge in [-0.15, -0.1) is 0 Å². The molecular weight excluding hydrogens is 292 g/mol. The molecule has 0 saturated carbocycles. The second kappa shape index (κ2) is 5.22. The third-order valence-electron chi connectivity index (χ3n) is 3.56. The van der Waals surface area contributed by atoms with Crippen molar-refractivity contribution in [3.63, 3.8) is 0 Å². The largest absolute Gasteiger partial charge is 0.487 e. The van der Waals surface area contributed by atoms with Crippen molar-refractivity contribution in [1.82, 2.24) is 0 Å². The van der Waals surface area contributed by atoms with Gasteiger partial charge in [0, 0.05) is 16.5 Å². The van der Waals surface area contributed by atoms with Gasteiger partial charge in [-0.1, -0.05) is 29.8 Å². The van der Waals surface area contributed by atoms with Gasteiger partial charge in [0.25, 0.3) is 0 Å². The maximum Gasteiger partial charge on any atom is 0.126 e. The summed E-state index contributed by atoms with van der Waals surface area (Å²) in [4.78, 5) is 0. The monoisotopic (exact) mass is 312 g/mol. The van der Waals surface area contributed by atoms with Crippen LogP contribution in [0, 0.1) is 5.92 Å². The Labute approximate surface area is 117 Å². The van der Waals surface area contributed by atoms with Crippen LogP contribution in [0.2, 0.25) is 0 Å². The maximum absolute atomic E-state index is 10.3. The van der Waals surface area contributed by atoms with Crippen molar-refractivity contribution in [2.24, 2.45) is 5.92 Å². The van der Waals surface area contributed by atoms with Crippen LogP contribution in [0.15, 0.2) is 22.7 Å². The van der Waals surface area contributed by atoms with Crippen LogP contribution in [0.1, 0.15) is 51.7 Å². The van der Waals surface area contributed by atoms with Gasteiger partial charge in [-0.05, 0) is 43.9 Å². The van der Waals surface area contributed by atoms with Gasteiger partial charge in [-0.25, -0.2) is 0 Å². The fraction of sp³-hybridized carbons (Fsp3) is 0.600. The van der Waals surface area contributed by atoms with E-state index in [1.807, 2.05) is 18.2 Å². The van der Waals surface area contributed by atoms with Crippen LogP contribution < -0.4 is 4.74 Å². The molecule has 2 nitrogen and oxygen atoms in total. The van der Waals surface area contributed by atoms with E-state index >= 15 is 0 Å². The van der Waals surface area contributed by atoms with Gasteiger partial charge in [0.05, 0.1) is 6.10 Å². The molecule has 1 aromatic carbocycles. The minimum Gasteiger partial charge on any atom is -0.487 e. The summed E-state index contributed by atoms with van der Waals surface area (Å²) in [6.07, 6.45) is 2.35. The molecule has 1 unspecified atom stereocenters. The normalized spacial score (nSPS) is 26.9. The van der Waals surface area contributed by atoms with E-state index in [1.54, 1.807) is 0 Å². The van der Waals surface area contributed by atoms with Gasteiger partial charge in [0.2, 0.25) is 0 Å². The van der Waals surface area contributed by atoms with E-state index in [4.69, 9.17) is 4.74 Å². The summed E-state index contributed by atoms with van der Waals surface area (Å²) in [6.45, 7) is 6.53. The Morgan fingerprint density at radius 3 is 2.89 bits per heavy atom. The Bertz CT molecular complexity index is 431. The third-order valence-corrected chi connectivity index (χ3v) is 4.06. The molecule has 0 spiro atoms. The van der Waals surface area contributed by atoms with Crippen LogP contribution in [-0.4, -0.2) is 10.7 Å². The van der Waals surface area contributed by atoms with Crippen LogP contribution in [0.3, 0.4) is 0 Å². The predicted octanol–water partition coefficient (Wildman–Crippen LogP) is 4.46. The van der Waals surface area contributed by atoms with Gasteiger partial charge in [-0.3, -0.25) is 0 Å². The van der Waals surface area contributed by atoms with Gasteiger partial charge in [0.1, 0.15) is 11.4 Å². The van der Waals surface area contributed by atoms with Crippen molar-refractivity contribution in [2.45, 2.75) is 51.7 Å². The first-order chi connectivity index (χ1) is 8.39. The van der Waals surface area contributed by atoms with Crippen molar-refractivity contribution < 1.29 is 9.84 Å². The van der Waals surface area contributed by atoms with E-state index in [-0.39, 0.29) is 5.60 Å². The van der Waals surface area contributed by atoms with Crippen LogP contribution >= 0.6 is 15.9 Å². The van der Waals surface area contributed by atoms with E-state index in [0.29, 0.717) is 12.3 Å². The third kappa shape index (κ3) is 3.07.